The summed E-state index contributed by atoms with van der Waals surface area (Å²) in [6.07, 6.45) is -2.33. The number of aromatic carboxylic acids is 1. The van der Waals surface area contributed by atoms with Crippen LogP contribution < -0.4 is 10.1 Å². The fourth-order valence-corrected chi connectivity index (χ4v) is 3.86. The van der Waals surface area contributed by atoms with E-state index in [2.05, 4.69) is 10.1 Å². The van der Waals surface area contributed by atoms with E-state index in [0.29, 0.717) is 25.1 Å². The third kappa shape index (κ3) is 6.46. The molecule has 0 aromatic heterocycles. The monoisotopic (exact) mass is 450 g/mol. The number of likely N-dealkylation sites (tertiary alicyclic amines) is 1. The van der Waals surface area contributed by atoms with Gasteiger partial charge in [0.15, 0.2) is 0 Å². The number of amides is 1. The fraction of sp³-hybridized carbons (Fsp3) is 0.391. The van der Waals surface area contributed by atoms with E-state index in [4.69, 9.17) is 5.11 Å². The Hall–Kier alpha value is -3.07. The van der Waals surface area contributed by atoms with Crippen LogP contribution in [0.3, 0.4) is 0 Å². The number of nitrogens with zero attached hydrogens (tertiary/aromatic N) is 1. The summed E-state index contributed by atoms with van der Waals surface area (Å²) in [5.74, 6) is -1.47. The lowest BCUT2D eigenvalue weighted by Gasteiger charge is -2.35. The van der Waals surface area contributed by atoms with E-state index in [0.717, 1.165) is 18.4 Å². The maximum atomic E-state index is 13.0. The van der Waals surface area contributed by atoms with Gasteiger partial charge >= 0.3 is 12.3 Å². The average Bonchev–Trinajstić information content (AvgIpc) is 2.73. The lowest BCUT2D eigenvalue weighted by Crippen LogP contribution is -2.49. The summed E-state index contributed by atoms with van der Waals surface area (Å²) in [5.41, 5.74) is 1.58. The van der Waals surface area contributed by atoms with Gasteiger partial charge in [0, 0.05) is 6.54 Å². The molecule has 0 saturated carbocycles. The molecular weight excluding hydrogens is 425 g/mol. The summed E-state index contributed by atoms with van der Waals surface area (Å²) >= 11 is 0. The highest BCUT2D eigenvalue weighted by Gasteiger charge is 2.32. The van der Waals surface area contributed by atoms with Crippen molar-refractivity contribution in [1.29, 1.82) is 0 Å². The number of carbonyl (C=O) groups is 2. The van der Waals surface area contributed by atoms with Crippen molar-refractivity contribution in [2.24, 2.45) is 0 Å². The number of halogens is 3. The summed E-state index contributed by atoms with van der Waals surface area (Å²) in [6, 6.07) is 11.4. The first-order valence-corrected chi connectivity index (χ1v) is 10.3. The van der Waals surface area contributed by atoms with Crippen molar-refractivity contribution in [3.05, 3.63) is 65.2 Å². The normalized spacial score (nSPS) is 18.1. The number of rotatable bonds is 7. The Morgan fingerprint density at radius 2 is 1.91 bits per heavy atom. The highest BCUT2D eigenvalue weighted by molar-refractivity contribution is 5.87. The summed E-state index contributed by atoms with van der Waals surface area (Å²) in [5, 5.41) is 12.0. The minimum Gasteiger partial charge on any atom is -0.478 e. The molecule has 1 fully saturated rings. The minimum atomic E-state index is -4.76. The number of carboxylic acid groups (broad SMARTS) is 1. The van der Waals surface area contributed by atoms with Gasteiger partial charge in [-0.1, -0.05) is 30.7 Å². The van der Waals surface area contributed by atoms with Crippen LogP contribution in [-0.2, 0) is 11.3 Å². The number of carbonyl (C=O) groups excluding carboxylic acids is 1. The number of carboxylic acids is 1. The van der Waals surface area contributed by atoms with Crippen LogP contribution in [-0.4, -0.2) is 40.8 Å². The van der Waals surface area contributed by atoms with Crippen LogP contribution in [0.25, 0.3) is 0 Å². The zero-order chi connectivity index (χ0) is 23.3. The van der Waals surface area contributed by atoms with Crippen molar-refractivity contribution >= 4 is 11.9 Å². The number of alkyl halides is 3. The predicted molar refractivity (Wildman–Crippen MR) is 111 cm³/mol. The summed E-state index contributed by atoms with van der Waals surface area (Å²) in [7, 11) is 0. The van der Waals surface area contributed by atoms with E-state index >= 15 is 0 Å². The maximum Gasteiger partial charge on any atom is 0.573 e. The molecule has 1 unspecified atom stereocenters. The van der Waals surface area contributed by atoms with Crippen molar-refractivity contribution < 1.29 is 32.6 Å². The van der Waals surface area contributed by atoms with Gasteiger partial charge in [0.2, 0.25) is 5.91 Å². The quantitative estimate of drug-likeness (QED) is 0.649. The molecule has 3 rings (SSSR count). The van der Waals surface area contributed by atoms with E-state index < -0.39 is 18.4 Å². The van der Waals surface area contributed by atoms with Crippen LogP contribution in [0.2, 0.25) is 0 Å². The number of hydrogen-bond donors (Lipinski definition) is 2. The second-order valence-electron chi connectivity index (χ2n) is 7.83. The zero-order valence-electron chi connectivity index (χ0n) is 17.6. The standard InChI is InChI=1S/C23H25F3N2O4/c1-15(17-8-10-18(11-9-17)22(30)31)27-21(29)20-7-2-3-12-28(20)14-16-5-4-6-19(13-16)32-23(24,25)26/h4-6,8-11,13,15,20H,2-3,7,12,14H2,1H3,(H,27,29)(H,30,31)/t15?,20-/m0/s1. The van der Waals surface area contributed by atoms with E-state index in [-0.39, 0.29) is 23.3 Å². The molecule has 6 nitrogen and oxygen atoms in total. The van der Waals surface area contributed by atoms with Crippen LogP contribution in [0, 0.1) is 0 Å². The summed E-state index contributed by atoms with van der Waals surface area (Å²) in [6.45, 7) is 2.80. The number of nitrogens with one attached hydrogen (secondary N) is 1. The van der Waals surface area contributed by atoms with Gasteiger partial charge in [-0.25, -0.2) is 4.79 Å². The third-order valence-corrected chi connectivity index (χ3v) is 5.45. The first-order valence-electron chi connectivity index (χ1n) is 10.3. The first kappa shape index (κ1) is 23.6. The Kier molecular flexibility index (Phi) is 7.40. The van der Waals surface area contributed by atoms with Crippen molar-refractivity contribution in [1.82, 2.24) is 10.2 Å². The van der Waals surface area contributed by atoms with Gasteiger partial charge in [-0.3, -0.25) is 9.69 Å². The molecule has 1 aliphatic rings. The molecule has 0 spiro atoms. The second kappa shape index (κ2) is 10.0. The molecule has 0 aliphatic carbocycles. The highest BCUT2D eigenvalue weighted by atomic mass is 19.4. The Morgan fingerprint density at radius 1 is 1.19 bits per heavy atom. The molecule has 32 heavy (non-hydrogen) atoms. The van der Waals surface area contributed by atoms with Crippen LogP contribution in [0.4, 0.5) is 13.2 Å². The van der Waals surface area contributed by atoms with Crippen molar-refractivity contribution in [3.63, 3.8) is 0 Å². The summed E-state index contributed by atoms with van der Waals surface area (Å²) in [4.78, 5) is 26.0. The van der Waals surface area contributed by atoms with Gasteiger partial charge in [0.1, 0.15) is 5.75 Å². The maximum absolute atomic E-state index is 13.0. The largest absolute Gasteiger partial charge is 0.573 e. The van der Waals surface area contributed by atoms with Crippen LogP contribution in [0.15, 0.2) is 48.5 Å². The average molecular weight is 450 g/mol. The highest BCUT2D eigenvalue weighted by Crippen LogP contribution is 2.26. The van der Waals surface area contributed by atoms with Crippen molar-refractivity contribution in [2.45, 2.75) is 51.2 Å². The molecule has 1 aliphatic heterocycles. The Bertz CT molecular complexity index is 947. The molecule has 2 N–H and O–H groups in total. The topological polar surface area (TPSA) is 78.9 Å². The molecule has 9 heteroatoms. The van der Waals surface area contributed by atoms with Crippen LogP contribution in [0.5, 0.6) is 5.75 Å². The molecule has 1 heterocycles. The molecule has 1 amide bonds. The molecule has 2 aromatic carbocycles. The second-order valence-corrected chi connectivity index (χ2v) is 7.83. The summed E-state index contributed by atoms with van der Waals surface area (Å²) < 4.78 is 41.5. The molecule has 1 saturated heterocycles. The van der Waals surface area contributed by atoms with Crippen molar-refractivity contribution in [3.8, 4) is 5.75 Å². The van der Waals surface area contributed by atoms with E-state index in [1.807, 2.05) is 11.8 Å². The van der Waals surface area contributed by atoms with E-state index in [1.54, 1.807) is 18.2 Å². The minimum absolute atomic E-state index is 0.165. The van der Waals surface area contributed by atoms with Crippen LogP contribution in [0.1, 0.15) is 53.7 Å². The fourth-order valence-electron chi connectivity index (χ4n) is 3.86. The molecule has 0 radical (unpaired) electrons. The third-order valence-electron chi connectivity index (χ3n) is 5.45. The van der Waals surface area contributed by atoms with Gasteiger partial charge in [-0.15, -0.1) is 13.2 Å². The number of ether oxygens (including phenoxy) is 1. The predicted octanol–water partition coefficient (Wildman–Crippen LogP) is 4.52. The van der Waals surface area contributed by atoms with Gasteiger partial charge in [0.05, 0.1) is 17.6 Å². The van der Waals surface area contributed by atoms with Gasteiger partial charge < -0.3 is 15.2 Å². The smallest absolute Gasteiger partial charge is 0.478 e. The van der Waals surface area contributed by atoms with E-state index in [1.165, 1.54) is 30.3 Å². The zero-order valence-corrected chi connectivity index (χ0v) is 17.6. The van der Waals surface area contributed by atoms with Crippen LogP contribution >= 0.6 is 0 Å². The Balaban J connectivity index is 1.66. The van der Waals surface area contributed by atoms with Crippen molar-refractivity contribution in [2.75, 3.05) is 6.54 Å². The van der Waals surface area contributed by atoms with Gasteiger partial charge in [-0.2, -0.15) is 0 Å². The molecular formula is C23H25F3N2O4. The SMILES string of the molecule is CC(NC(=O)[C@@H]1CCCCN1Cc1cccc(OC(F)(F)F)c1)c1ccc(C(=O)O)cc1. The lowest BCUT2D eigenvalue weighted by molar-refractivity contribution is -0.274. The lowest BCUT2D eigenvalue weighted by atomic mass is 9.99. The molecule has 2 aromatic rings. The number of piperidine rings is 1. The number of benzene rings is 2. The first-order chi connectivity index (χ1) is 15.1. The van der Waals surface area contributed by atoms with E-state index in [9.17, 15) is 22.8 Å². The molecule has 172 valence electrons. The Labute approximate surface area is 184 Å². The van der Waals surface area contributed by atoms with Gasteiger partial charge in [0.25, 0.3) is 0 Å². The Morgan fingerprint density at radius 3 is 2.56 bits per heavy atom. The molecule has 2 atom stereocenters. The van der Waals surface area contributed by atoms with Gasteiger partial charge in [-0.05, 0) is 61.7 Å². The number of hydrogen-bond acceptors (Lipinski definition) is 4. The molecule has 0 bridgehead atoms.